The number of carbonyl (C=O) groups is 1. The van der Waals surface area contributed by atoms with Gasteiger partial charge in [0.1, 0.15) is 5.60 Å². The molecule has 0 spiro atoms. The standard InChI is InChI=1S/C12H19N3O4/c1-12(2,3)18-11(17)13-6-8(16)10-14-9(15-19-10)7-4-5-7/h7-8,16H,4-6H2,1-3H3,(H,13,17). The molecular formula is C12H19N3O4. The van der Waals surface area contributed by atoms with Gasteiger partial charge < -0.3 is 19.7 Å². The van der Waals surface area contributed by atoms with Crippen molar-refractivity contribution in [3.05, 3.63) is 11.7 Å². The van der Waals surface area contributed by atoms with Gasteiger partial charge in [0.2, 0.25) is 0 Å². The second-order valence-corrected chi connectivity index (χ2v) is 5.66. The maximum absolute atomic E-state index is 11.4. The van der Waals surface area contributed by atoms with Crippen LogP contribution in [0.5, 0.6) is 0 Å². The fourth-order valence-electron chi connectivity index (χ4n) is 1.47. The number of aliphatic hydroxyl groups excluding tert-OH is 1. The molecule has 1 aliphatic carbocycles. The lowest BCUT2D eigenvalue weighted by atomic mass is 10.2. The zero-order valence-electron chi connectivity index (χ0n) is 11.3. The molecule has 0 aliphatic heterocycles. The minimum atomic E-state index is -1.02. The largest absolute Gasteiger partial charge is 0.444 e. The highest BCUT2D eigenvalue weighted by molar-refractivity contribution is 5.67. The fraction of sp³-hybridized carbons (Fsp3) is 0.750. The third kappa shape index (κ3) is 4.20. The number of aromatic nitrogens is 2. The van der Waals surface area contributed by atoms with Gasteiger partial charge in [-0.15, -0.1) is 0 Å². The molecule has 1 amide bonds. The van der Waals surface area contributed by atoms with E-state index in [0.29, 0.717) is 11.7 Å². The van der Waals surface area contributed by atoms with Gasteiger partial charge >= 0.3 is 6.09 Å². The van der Waals surface area contributed by atoms with E-state index >= 15 is 0 Å². The first kappa shape index (κ1) is 13.8. The maximum atomic E-state index is 11.4. The molecule has 2 N–H and O–H groups in total. The second-order valence-electron chi connectivity index (χ2n) is 5.66. The van der Waals surface area contributed by atoms with Gasteiger partial charge in [0.05, 0.1) is 6.54 Å². The molecule has 2 rings (SSSR count). The van der Waals surface area contributed by atoms with Crippen LogP contribution in [0.2, 0.25) is 0 Å². The van der Waals surface area contributed by atoms with E-state index < -0.39 is 17.8 Å². The van der Waals surface area contributed by atoms with Crippen LogP contribution in [0, 0.1) is 0 Å². The average Bonchev–Trinajstić information content (AvgIpc) is 3.02. The Morgan fingerprint density at radius 3 is 2.84 bits per heavy atom. The van der Waals surface area contributed by atoms with Crippen LogP contribution in [0.1, 0.15) is 57.3 Å². The van der Waals surface area contributed by atoms with E-state index in [4.69, 9.17) is 9.26 Å². The zero-order valence-corrected chi connectivity index (χ0v) is 11.3. The molecular weight excluding hydrogens is 250 g/mol. The number of nitrogens with one attached hydrogen (secondary N) is 1. The summed E-state index contributed by atoms with van der Waals surface area (Å²) in [5, 5.41) is 16.1. The lowest BCUT2D eigenvalue weighted by Crippen LogP contribution is -2.34. The summed E-state index contributed by atoms with van der Waals surface area (Å²) < 4.78 is 10.0. The number of nitrogens with zero attached hydrogens (tertiary/aromatic N) is 2. The SMILES string of the molecule is CC(C)(C)OC(=O)NCC(O)c1nc(C2CC2)no1. The van der Waals surface area contributed by atoms with Crippen molar-refractivity contribution in [1.82, 2.24) is 15.5 Å². The van der Waals surface area contributed by atoms with Crippen molar-refractivity contribution in [3.63, 3.8) is 0 Å². The summed E-state index contributed by atoms with van der Waals surface area (Å²) in [4.78, 5) is 15.5. The lowest BCUT2D eigenvalue weighted by molar-refractivity contribution is 0.0476. The van der Waals surface area contributed by atoms with Gasteiger partial charge in [-0.05, 0) is 33.6 Å². The topological polar surface area (TPSA) is 97.5 Å². The molecule has 1 saturated carbocycles. The van der Waals surface area contributed by atoms with Crippen molar-refractivity contribution in [3.8, 4) is 0 Å². The number of ether oxygens (including phenoxy) is 1. The van der Waals surface area contributed by atoms with E-state index in [1.807, 2.05) is 0 Å². The predicted molar refractivity (Wildman–Crippen MR) is 65.5 cm³/mol. The Kier molecular flexibility index (Phi) is 3.75. The van der Waals surface area contributed by atoms with Crippen molar-refractivity contribution < 1.29 is 19.2 Å². The summed E-state index contributed by atoms with van der Waals surface area (Å²) in [6.45, 7) is 5.27. The lowest BCUT2D eigenvalue weighted by Gasteiger charge is -2.20. The van der Waals surface area contributed by atoms with Crippen LogP contribution in [0.3, 0.4) is 0 Å². The summed E-state index contributed by atoms with van der Waals surface area (Å²) >= 11 is 0. The number of aliphatic hydroxyl groups is 1. The molecule has 1 unspecified atom stereocenters. The Bertz CT molecular complexity index is 448. The summed E-state index contributed by atoms with van der Waals surface area (Å²) in [6, 6.07) is 0. The Hall–Kier alpha value is -1.63. The molecule has 1 aliphatic rings. The van der Waals surface area contributed by atoms with E-state index in [2.05, 4.69) is 15.5 Å². The van der Waals surface area contributed by atoms with Crippen molar-refractivity contribution >= 4 is 6.09 Å². The summed E-state index contributed by atoms with van der Waals surface area (Å²) in [5.41, 5.74) is -0.571. The molecule has 0 aromatic carbocycles. The molecule has 1 fully saturated rings. The molecule has 1 aromatic rings. The van der Waals surface area contributed by atoms with E-state index in [1.165, 1.54) is 0 Å². The molecule has 0 saturated heterocycles. The molecule has 106 valence electrons. The number of hydrogen-bond acceptors (Lipinski definition) is 6. The van der Waals surface area contributed by atoms with Crippen molar-refractivity contribution in [2.24, 2.45) is 0 Å². The first-order valence-corrected chi connectivity index (χ1v) is 6.33. The van der Waals surface area contributed by atoms with Crippen molar-refractivity contribution in [2.75, 3.05) is 6.54 Å². The van der Waals surface area contributed by atoms with Gasteiger partial charge in [-0.2, -0.15) is 4.98 Å². The Balaban J connectivity index is 1.79. The highest BCUT2D eigenvalue weighted by Crippen LogP contribution is 2.38. The van der Waals surface area contributed by atoms with E-state index in [-0.39, 0.29) is 12.4 Å². The first-order valence-electron chi connectivity index (χ1n) is 6.33. The monoisotopic (exact) mass is 269 g/mol. The van der Waals surface area contributed by atoms with Crippen LogP contribution in [-0.2, 0) is 4.74 Å². The van der Waals surface area contributed by atoms with Crippen LogP contribution in [0.25, 0.3) is 0 Å². The molecule has 7 heteroatoms. The maximum Gasteiger partial charge on any atom is 0.407 e. The molecule has 7 nitrogen and oxygen atoms in total. The predicted octanol–water partition coefficient (Wildman–Crippen LogP) is 1.51. The van der Waals surface area contributed by atoms with Gasteiger partial charge in [-0.25, -0.2) is 4.79 Å². The smallest absolute Gasteiger partial charge is 0.407 e. The Morgan fingerprint density at radius 1 is 1.58 bits per heavy atom. The quantitative estimate of drug-likeness (QED) is 0.859. The van der Waals surface area contributed by atoms with Gasteiger partial charge in [-0.1, -0.05) is 5.16 Å². The third-order valence-electron chi connectivity index (χ3n) is 2.52. The van der Waals surface area contributed by atoms with Crippen LogP contribution >= 0.6 is 0 Å². The normalized spacial score (nSPS) is 17.1. The number of alkyl carbamates (subject to hydrolysis) is 1. The number of rotatable bonds is 4. The molecule has 0 radical (unpaired) electrons. The fourth-order valence-corrected chi connectivity index (χ4v) is 1.47. The number of amides is 1. The third-order valence-corrected chi connectivity index (χ3v) is 2.52. The average molecular weight is 269 g/mol. The van der Waals surface area contributed by atoms with Crippen LogP contribution < -0.4 is 5.32 Å². The van der Waals surface area contributed by atoms with Gasteiger partial charge in [0.15, 0.2) is 11.9 Å². The van der Waals surface area contributed by atoms with Crippen molar-refractivity contribution in [1.29, 1.82) is 0 Å². The molecule has 0 bridgehead atoms. The minimum absolute atomic E-state index is 0.0266. The number of carbonyl (C=O) groups excluding carboxylic acids is 1. The van der Waals surface area contributed by atoms with E-state index in [9.17, 15) is 9.90 Å². The molecule has 1 aromatic heterocycles. The number of hydrogen-bond donors (Lipinski definition) is 2. The van der Waals surface area contributed by atoms with Crippen LogP contribution in [-0.4, -0.2) is 33.5 Å². The Morgan fingerprint density at radius 2 is 2.26 bits per heavy atom. The highest BCUT2D eigenvalue weighted by atomic mass is 16.6. The summed E-state index contributed by atoms with van der Waals surface area (Å²) in [5.74, 6) is 1.12. The zero-order chi connectivity index (χ0) is 14.0. The Labute approximate surface area is 111 Å². The van der Waals surface area contributed by atoms with E-state index in [0.717, 1.165) is 12.8 Å². The molecule has 19 heavy (non-hydrogen) atoms. The summed E-state index contributed by atoms with van der Waals surface area (Å²) in [7, 11) is 0. The van der Waals surface area contributed by atoms with Gasteiger partial charge in [-0.3, -0.25) is 0 Å². The summed E-state index contributed by atoms with van der Waals surface area (Å²) in [6.07, 6.45) is 0.511. The second kappa shape index (κ2) is 5.16. The van der Waals surface area contributed by atoms with E-state index in [1.54, 1.807) is 20.8 Å². The first-order chi connectivity index (χ1) is 8.85. The molecule has 1 atom stereocenters. The highest BCUT2D eigenvalue weighted by Gasteiger charge is 2.30. The molecule has 1 heterocycles. The van der Waals surface area contributed by atoms with Gasteiger partial charge in [0, 0.05) is 5.92 Å². The van der Waals surface area contributed by atoms with Gasteiger partial charge in [0.25, 0.3) is 5.89 Å². The van der Waals surface area contributed by atoms with Crippen LogP contribution in [0.4, 0.5) is 4.79 Å². The minimum Gasteiger partial charge on any atom is -0.444 e. The van der Waals surface area contributed by atoms with Crippen LogP contribution in [0.15, 0.2) is 4.52 Å². The van der Waals surface area contributed by atoms with Crippen molar-refractivity contribution in [2.45, 2.75) is 51.2 Å².